The van der Waals surface area contributed by atoms with Crippen LogP contribution in [0.1, 0.15) is 33.8 Å². The highest BCUT2D eigenvalue weighted by Crippen LogP contribution is 2.37. The molecule has 0 N–H and O–H groups in total. The number of aryl methyl sites for hydroxylation is 1. The van der Waals surface area contributed by atoms with Crippen LogP contribution in [0.3, 0.4) is 0 Å². The average Bonchev–Trinajstić information content (AvgIpc) is 2.75. The fourth-order valence-electron chi connectivity index (χ4n) is 1.55. The summed E-state index contributed by atoms with van der Waals surface area (Å²) in [4.78, 5) is 9.67. The molecule has 2 heterocycles. The molecule has 2 nitrogen and oxygen atoms in total. The van der Waals surface area contributed by atoms with Crippen LogP contribution in [-0.4, -0.2) is 9.97 Å². The molecule has 2 rings (SSSR count). The minimum Gasteiger partial charge on any atom is -0.261 e. The SMILES string of the molecule is Cc1ncc(C(Cl)C(C)c2ccccn2)s1. The molecule has 0 aliphatic heterocycles. The highest BCUT2D eigenvalue weighted by atomic mass is 35.5. The lowest BCUT2D eigenvalue weighted by Gasteiger charge is -2.15. The van der Waals surface area contributed by atoms with Gasteiger partial charge in [-0.2, -0.15) is 0 Å². The molecule has 0 aliphatic rings. The standard InChI is InChI=1S/C12H13ClN2S/c1-8(10-5-3-4-6-14-10)12(13)11-7-15-9(2)16-11/h3-8,12H,1-2H3. The summed E-state index contributed by atoms with van der Waals surface area (Å²) in [6.07, 6.45) is 3.66. The molecular formula is C12H13ClN2S. The minimum absolute atomic E-state index is 0.0545. The summed E-state index contributed by atoms with van der Waals surface area (Å²) in [6.45, 7) is 4.08. The van der Waals surface area contributed by atoms with Crippen molar-refractivity contribution in [3.8, 4) is 0 Å². The molecular weight excluding hydrogens is 240 g/mol. The maximum atomic E-state index is 6.43. The number of hydrogen-bond acceptors (Lipinski definition) is 3. The number of thiazole rings is 1. The Hall–Kier alpha value is -0.930. The van der Waals surface area contributed by atoms with E-state index in [0.717, 1.165) is 15.6 Å². The fraction of sp³-hybridized carbons (Fsp3) is 0.333. The molecule has 16 heavy (non-hydrogen) atoms. The van der Waals surface area contributed by atoms with Gasteiger partial charge in [0.25, 0.3) is 0 Å². The van der Waals surface area contributed by atoms with Crippen molar-refractivity contribution >= 4 is 22.9 Å². The molecule has 0 aliphatic carbocycles. The van der Waals surface area contributed by atoms with E-state index >= 15 is 0 Å². The third-order valence-corrected chi connectivity index (χ3v) is 4.24. The van der Waals surface area contributed by atoms with Crippen LogP contribution in [0.25, 0.3) is 0 Å². The summed E-state index contributed by atoms with van der Waals surface area (Å²) in [5.41, 5.74) is 1.02. The lowest BCUT2D eigenvalue weighted by Crippen LogP contribution is -2.02. The summed E-state index contributed by atoms with van der Waals surface area (Å²) in [5, 5.41) is 0.995. The van der Waals surface area contributed by atoms with Gasteiger partial charge in [0.1, 0.15) is 0 Å². The summed E-state index contributed by atoms with van der Waals surface area (Å²) < 4.78 is 0. The minimum atomic E-state index is -0.0545. The zero-order valence-electron chi connectivity index (χ0n) is 9.22. The van der Waals surface area contributed by atoms with E-state index in [9.17, 15) is 0 Å². The van der Waals surface area contributed by atoms with Gasteiger partial charge in [0.15, 0.2) is 0 Å². The summed E-state index contributed by atoms with van der Waals surface area (Å²) in [5.74, 6) is 0.197. The highest BCUT2D eigenvalue weighted by Gasteiger charge is 2.21. The van der Waals surface area contributed by atoms with Gasteiger partial charge in [-0.25, -0.2) is 4.98 Å². The number of alkyl halides is 1. The topological polar surface area (TPSA) is 25.8 Å². The van der Waals surface area contributed by atoms with Gasteiger partial charge in [0.05, 0.1) is 10.4 Å². The largest absolute Gasteiger partial charge is 0.261 e. The summed E-state index contributed by atoms with van der Waals surface area (Å²) in [6, 6.07) is 5.91. The van der Waals surface area contributed by atoms with E-state index in [-0.39, 0.29) is 11.3 Å². The van der Waals surface area contributed by atoms with Gasteiger partial charge >= 0.3 is 0 Å². The maximum Gasteiger partial charge on any atom is 0.0897 e. The first kappa shape index (κ1) is 11.6. The molecule has 0 bridgehead atoms. The van der Waals surface area contributed by atoms with Crippen LogP contribution in [0.4, 0.5) is 0 Å². The Morgan fingerprint density at radius 2 is 2.12 bits per heavy atom. The number of halogens is 1. The van der Waals surface area contributed by atoms with E-state index in [2.05, 4.69) is 16.9 Å². The molecule has 84 valence electrons. The second-order valence-electron chi connectivity index (χ2n) is 3.73. The molecule has 0 amide bonds. The third-order valence-electron chi connectivity index (χ3n) is 2.50. The van der Waals surface area contributed by atoms with Gasteiger partial charge in [-0.15, -0.1) is 22.9 Å². The molecule has 2 atom stereocenters. The van der Waals surface area contributed by atoms with E-state index in [4.69, 9.17) is 11.6 Å². The lowest BCUT2D eigenvalue weighted by atomic mass is 10.0. The fourth-order valence-corrected chi connectivity index (χ4v) is 2.73. The van der Waals surface area contributed by atoms with Gasteiger partial charge in [0.2, 0.25) is 0 Å². The molecule has 0 saturated carbocycles. The van der Waals surface area contributed by atoms with Crippen molar-refractivity contribution in [3.05, 3.63) is 46.2 Å². The van der Waals surface area contributed by atoms with E-state index in [1.807, 2.05) is 31.3 Å². The van der Waals surface area contributed by atoms with Crippen LogP contribution in [0.5, 0.6) is 0 Å². The normalized spacial score (nSPS) is 14.7. The maximum absolute atomic E-state index is 6.43. The van der Waals surface area contributed by atoms with Crippen molar-refractivity contribution in [2.75, 3.05) is 0 Å². The van der Waals surface area contributed by atoms with Crippen molar-refractivity contribution in [1.29, 1.82) is 0 Å². The lowest BCUT2D eigenvalue weighted by molar-refractivity contribution is 0.714. The molecule has 2 unspecified atom stereocenters. The van der Waals surface area contributed by atoms with Crippen molar-refractivity contribution in [1.82, 2.24) is 9.97 Å². The average molecular weight is 253 g/mol. The monoisotopic (exact) mass is 252 g/mol. The van der Waals surface area contributed by atoms with Gasteiger partial charge < -0.3 is 0 Å². The molecule has 2 aromatic heterocycles. The first-order valence-electron chi connectivity index (χ1n) is 5.16. The zero-order chi connectivity index (χ0) is 11.5. The quantitative estimate of drug-likeness (QED) is 0.774. The number of hydrogen-bond donors (Lipinski definition) is 0. The number of aromatic nitrogens is 2. The second kappa shape index (κ2) is 4.93. The van der Waals surface area contributed by atoms with Gasteiger partial charge in [-0.1, -0.05) is 13.0 Å². The van der Waals surface area contributed by atoms with E-state index < -0.39 is 0 Å². The number of rotatable bonds is 3. The Labute approximate surface area is 104 Å². The molecule has 2 aromatic rings. The van der Waals surface area contributed by atoms with Crippen molar-refractivity contribution < 1.29 is 0 Å². The predicted octanol–water partition coefficient (Wildman–Crippen LogP) is 3.93. The van der Waals surface area contributed by atoms with E-state index in [0.29, 0.717) is 0 Å². The van der Waals surface area contributed by atoms with Crippen molar-refractivity contribution in [3.63, 3.8) is 0 Å². The Kier molecular flexibility index (Phi) is 3.56. The van der Waals surface area contributed by atoms with Crippen LogP contribution >= 0.6 is 22.9 Å². The number of nitrogens with zero attached hydrogens (tertiary/aromatic N) is 2. The smallest absolute Gasteiger partial charge is 0.0897 e. The van der Waals surface area contributed by atoms with Gasteiger partial charge in [-0.05, 0) is 19.1 Å². The Morgan fingerprint density at radius 1 is 1.31 bits per heavy atom. The van der Waals surface area contributed by atoms with Crippen LogP contribution < -0.4 is 0 Å². The summed E-state index contributed by atoms with van der Waals surface area (Å²) in [7, 11) is 0. The van der Waals surface area contributed by atoms with Crippen LogP contribution in [0.2, 0.25) is 0 Å². The highest BCUT2D eigenvalue weighted by molar-refractivity contribution is 7.11. The van der Waals surface area contributed by atoms with Crippen LogP contribution in [0, 0.1) is 6.92 Å². The molecule has 0 aromatic carbocycles. The van der Waals surface area contributed by atoms with Gasteiger partial charge in [-0.3, -0.25) is 4.98 Å². The Balaban J connectivity index is 2.19. The van der Waals surface area contributed by atoms with Crippen molar-refractivity contribution in [2.45, 2.75) is 25.1 Å². The second-order valence-corrected chi connectivity index (χ2v) is 5.46. The molecule has 4 heteroatoms. The van der Waals surface area contributed by atoms with E-state index in [1.54, 1.807) is 17.5 Å². The Bertz CT molecular complexity index is 455. The molecule has 0 spiro atoms. The van der Waals surface area contributed by atoms with E-state index in [1.165, 1.54) is 0 Å². The first-order chi connectivity index (χ1) is 7.68. The van der Waals surface area contributed by atoms with Crippen LogP contribution in [0.15, 0.2) is 30.6 Å². The van der Waals surface area contributed by atoms with Gasteiger partial charge in [0, 0.05) is 28.9 Å². The van der Waals surface area contributed by atoms with Crippen molar-refractivity contribution in [2.24, 2.45) is 0 Å². The summed E-state index contributed by atoms with van der Waals surface area (Å²) >= 11 is 8.08. The molecule has 0 saturated heterocycles. The zero-order valence-corrected chi connectivity index (χ0v) is 10.8. The third kappa shape index (κ3) is 2.42. The Morgan fingerprint density at radius 3 is 2.69 bits per heavy atom. The first-order valence-corrected chi connectivity index (χ1v) is 6.41. The molecule has 0 fully saturated rings. The predicted molar refractivity (Wildman–Crippen MR) is 68.1 cm³/mol. The number of pyridine rings is 1. The molecule has 0 radical (unpaired) electrons. The van der Waals surface area contributed by atoms with Crippen LogP contribution in [-0.2, 0) is 0 Å².